The van der Waals surface area contributed by atoms with Gasteiger partial charge in [-0.15, -0.1) is 0 Å². The van der Waals surface area contributed by atoms with Crippen LogP contribution >= 0.6 is 11.6 Å². The molecule has 1 heterocycles. The van der Waals surface area contributed by atoms with Crippen LogP contribution in [0.2, 0.25) is 5.02 Å². The number of hydrogen-bond acceptors (Lipinski definition) is 3. The highest BCUT2D eigenvalue weighted by Crippen LogP contribution is 2.33. The van der Waals surface area contributed by atoms with Gasteiger partial charge in [-0.25, -0.2) is 8.42 Å². The van der Waals surface area contributed by atoms with Crippen molar-refractivity contribution >= 4 is 38.9 Å². The summed E-state index contributed by atoms with van der Waals surface area (Å²) in [5.74, 6) is -0.0902. The summed E-state index contributed by atoms with van der Waals surface area (Å²) in [4.78, 5) is 15.0. The van der Waals surface area contributed by atoms with E-state index >= 15 is 0 Å². The minimum atomic E-state index is -3.52. The Labute approximate surface area is 187 Å². The van der Waals surface area contributed by atoms with E-state index in [1.807, 2.05) is 36.1 Å². The molecule has 1 atom stereocenters. The number of carbonyl (C=O) groups excluding carboxylic acids is 1. The molecule has 3 aromatic rings. The number of sulfonamides is 1. The van der Waals surface area contributed by atoms with Gasteiger partial charge in [0.05, 0.1) is 18.5 Å². The number of benzene rings is 3. The fourth-order valence-electron chi connectivity index (χ4n) is 3.94. The van der Waals surface area contributed by atoms with E-state index in [1.165, 1.54) is 10.6 Å². The van der Waals surface area contributed by atoms with Gasteiger partial charge in [0.2, 0.25) is 10.0 Å². The van der Waals surface area contributed by atoms with E-state index in [1.54, 1.807) is 48.5 Å². The Hall–Kier alpha value is -2.83. The lowest BCUT2D eigenvalue weighted by molar-refractivity contribution is 0.0981. The molecule has 0 bridgehead atoms. The molecule has 31 heavy (non-hydrogen) atoms. The number of carbonyl (C=O) groups is 1. The summed E-state index contributed by atoms with van der Waals surface area (Å²) in [5, 5.41) is 0.593. The lowest BCUT2D eigenvalue weighted by Crippen LogP contribution is -2.35. The second-order valence-corrected chi connectivity index (χ2v) is 10.1. The van der Waals surface area contributed by atoms with E-state index in [0.29, 0.717) is 16.3 Å². The van der Waals surface area contributed by atoms with Crippen molar-refractivity contribution in [1.29, 1.82) is 0 Å². The Morgan fingerprint density at radius 3 is 2.32 bits per heavy atom. The number of para-hydroxylation sites is 1. The summed E-state index contributed by atoms with van der Waals surface area (Å²) >= 11 is 5.93. The SMILES string of the molecule is C[C@H]1Cc2ccccc2N1C(=O)c1ccc(N(Cc2ccc(Cl)cc2)S(C)(=O)=O)cc1. The first-order chi connectivity index (χ1) is 14.7. The van der Waals surface area contributed by atoms with Gasteiger partial charge in [0.25, 0.3) is 5.91 Å². The summed E-state index contributed by atoms with van der Waals surface area (Å²) in [7, 11) is -3.52. The molecule has 5 nitrogen and oxygen atoms in total. The maximum atomic E-state index is 13.2. The Morgan fingerprint density at radius 1 is 1.03 bits per heavy atom. The summed E-state index contributed by atoms with van der Waals surface area (Å²) in [6.07, 6.45) is 1.99. The number of hydrogen-bond donors (Lipinski definition) is 0. The van der Waals surface area contributed by atoms with Crippen LogP contribution in [0, 0.1) is 0 Å². The minimum Gasteiger partial charge on any atom is -0.305 e. The second-order valence-electron chi connectivity index (χ2n) is 7.80. The van der Waals surface area contributed by atoms with Crippen molar-refractivity contribution in [3.8, 4) is 0 Å². The second kappa shape index (κ2) is 8.36. The highest BCUT2D eigenvalue weighted by atomic mass is 35.5. The summed E-state index contributed by atoms with van der Waals surface area (Å²) in [5.41, 5.74) is 3.93. The largest absolute Gasteiger partial charge is 0.305 e. The van der Waals surface area contributed by atoms with Crippen LogP contribution in [0.3, 0.4) is 0 Å². The average molecular weight is 455 g/mol. The molecule has 1 aliphatic heterocycles. The third kappa shape index (κ3) is 4.45. The van der Waals surface area contributed by atoms with Crippen LogP contribution in [-0.2, 0) is 23.0 Å². The molecule has 0 saturated carbocycles. The monoisotopic (exact) mass is 454 g/mol. The van der Waals surface area contributed by atoms with E-state index in [2.05, 4.69) is 0 Å². The minimum absolute atomic E-state index is 0.0713. The van der Waals surface area contributed by atoms with Gasteiger partial charge in [0.15, 0.2) is 0 Å². The Kier molecular flexibility index (Phi) is 5.77. The van der Waals surface area contributed by atoms with Gasteiger partial charge in [-0.1, -0.05) is 41.9 Å². The summed E-state index contributed by atoms with van der Waals surface area (Å²) < 4.78 is 26.2. The molecule has 7 heteroatoms. The standard InChI is InChI=1S/C24H23ClN2O3S/c1-17-15-20-5-3-4-6-23(20)27(17)24(28)19-9-13-22(14-10-19)26(31(2,29)30)16-18-7-11-21(25)12-8-18/h3-14,17H,15-16H2,1-2H3/t17-/m0/s1. The number of fused-ring (bicyclic) bond motifs is 1. The van der Waals surface area contributed by atoms with Crippen LogP contribution in [0.4, 0.5) is 11.4 Å². The zero-order valence-electron chi connectivity index (χ0n) is 17.3. The zero-order valence-corrected chi connectivity index (χ0v) is 18.9. The van der Waals surface area contributed by atoms with Crippen LogP contribution in [0.15, 0.2) is 72.8 Å². The van der Waals surface area contributed by atoms with Gasteiger partial charge in [-0.05, 0) is 66.9 Å². The third-order valence-electron chi connectivity index (χ3n) is 5.47. The van der Waals surface area contributed by atoms with Crippen molar-refractivity contribution in [1.82, 2.24) is 0 Å². The van der Waals surface area contributed by atoms with Crippen molar-refractivity contribution in [3.63, 3.8) is 0 Å². The van der Waals surface area contributed by atoms with Gasteiger partial charge in [-0.2, -0.15) is 0 Å². The zero-order chi connectivity index (χ0) is 22.2. The number of anilines is 2. The molecule has 0 spiro atoms. The molecule has 0 radical (unpaired) electrons. The summed E-state index contributed by atoms with van der Waals surface area (Å²) in [6.45, 7) is 2.21. The van der Waals surface area contributed by atoms with Crippen molar-refractivity contribution in [3.05, 3.63) is 94.5 Å². The quantitative estimate of drug-likeness (QED) is 0.551. The van der Waals surface area contributed by atoms with Crippen molar-refractivity contribution in [2.24, 2.45) is 0 Å². The van der Waals surface area contributed by atoms with Gasteiger partial charge in [0.1, 0.15) is 0 Å². The molecule has 4 rings (SSSR count). The maximum Gasteiger partial charge on any atom is 0.258 e. The Balaban J connectivity index is 1.60. The third-order valence-corrected chi connectivity index (χ3v) is 6.86. The smallest absolute Gasteiger partial charge is 0.258 e. The van der Waals surface area contributed by atoms with Crippen molar-refractivity contribution in [2.75, 3.05) is 15.5 Å². The predicted octanol–water partition coefficient (Wildman–Crippen LogP) is 4.90. The van der Waals surface area contributed by atoms with Crippen molar-refractivity contribution in [2.45, 2.75) is 25.9 Å². The van der Waals surface area contributed by atoms with E-state index in [0.717, 1.165) is 23.2 Å². The highest BCUT2D eigenvalue weighted by molar-refractivity contribution is 7.92. The van der Waals surface area contributed by atoms with E-state index < -0.39 is 10.0 Å². The molecule has 1 amide bonds. The van der Waals surface area contributed by atoms with E-state index in [4.69, 9.17) is 11.6 Å². The van der Waals surface area contributed by atoms with Gasteiger partial charge in [-0.3, -0.25) is 9.10 Å². The lowest BCUT2D eigenvalue weighted by atomic mass is 10.1. The number of nitrogens with zero attached hydrogens (tertiary/aromatic N) is 2. The van der Waals surface area contributed by atoms with Gasteiger partial charge >= 0.3 is 0 Å². The lowest BCUT2D eigenvalue weighted by Gasteiger charge is -2.24. The Morgan fingerprint density at radius 2 is 1.68 bits per heavy atom. The van der Waals surface area contributed by atoms with Crippen LogP contribution in [0.1, 0.15) is 28.4 Å². The molecular formula is C24H23ClN2O3S. The predicted molar refractivity (Wildman–Crippen MR) is 125 cm³/mol. The van der Waals surface area contributed by atoms with Crippen molar-refractivity contribution < 1.29 is 13.2 Å². The van der Waals surface area contributed by atoms with E-state index in [-0.39, 0.29) is 18.5 Å². The van der Waals surface area contributed by atoms with Crippen LogP contribution < -0.4 is 9.21 Å². The Bertz CT molecular complexity index is 1210. The molecule has 160 valence electrons. The number of rotatable bonds is 5. The average Bonchev–Trinajstić information content (AvgIpc) is 3.08. The van der Waals surface area contributed by atoms with Gasteiger partial charge in [0, 0.05) is 22.3 Å². The first kappa shape index (κ1) is 21.4. The van der Waals surface area contributed by atoms with E-state index in [9.17, 15) is 13.2 Å². The van der Waals surface area contributed by atoms with Gasteiger partial charge < -0.3 is 4.90 Å². The normalized spacial score (nSPS) is 15.6. The highest BCUT2D eigenvalue weighted by Gasteiger charge is 2.31. The number of halogens is 1. The number of amides is 1. The van der Waals surface area contributed by atoms with Crippen LogP contribution in [-0.4, -0.2) is 26.6 Å². The molecule has 0 aliphatic carbocycles. The fourth-order valence-corrected chi connectivity index (χ4v) is 4.95. The molecule has 0 N–H and O–H groups in total. The maximum absolute atomic E-state index is 13.2. The topological polar surface area (TPSA) is 57.7 Å². The molecule has 0 unspecified atom stereocenters. The summed E-state index contributed by atoms with van der Waals surface area (Å²) in [6, 6.07) is 21.8. The molecule has 0 aromatic heterocycles. The van der Waals surface area contributed by atoms with Crippen LogP contribution in [0.5, 0.6) is 0 Å². The molecule has 0 fully saturated rings. The van der Waals surface area contributed by atoms with Crippen LogP contribution in [0.25, 0.3) is 0 Å². The first-order valence-corrected chi connectivity index (χ1v) is 12.2. The first-order valence-electron chi connectivity index (χ1n) is 9.98. The molecular weight excluding hydrogens is 432 g/mol. The molecule has 3 aromatic carbocycles. The fraction of sp³-hybridized carbons (Fsp3) is 0.208. The molecule has 1 aliphatic rings. The molecule has 0 saturated heterocycles.